The summed E-state index contributed by atoms with van der Waals surface area (Å²) in [6.07, 6.45) is 20.9. The van der Waals surface area contributed by atoms with E-state index in [1.165, 1.54) is 82.6 Å². The van der Waals surface area contributed by atoms with Crippen LogP contribution in [0.2, 0.25) is 0 Å². The predicted molar refractivity (Wildman–Crippen MR) is 143 cm³/mol. The highest BCUT2D eigenvalue weighted by molar-refractivity contribution is 5.75. The van der Waals surface area contributed by atoms with Crippen LogP contribution in [-0.2, 0) is 16.0 Å². The molecule has 0 radical (unpaired) electrons. The molecule has 0 spiro atoms. The normalized spacial score (nSPS) is 19.1. The summed E-state index contributed by atoms with van der Waals surface area (Å²) >= 11 is 0. The van der Waals surface area contributed by atoms with Crippen LogP contribution >= 0.6 is 0 Å². The standard InChI is InChI=1S/C31H52O3/c1-4-6-7-8-9-10-11-14-25-33-29-23-19-28(20-24-29)31(32)34-30-21-17-27(18-22-30)16-13-12-15-26(3)5-2/h17-18,21-22,26,28-29H,4-16,19-20,23-25H2,1-3H3. The van der Waals surface area contributed by atoms with E-state index in [1.54, 1.807) is 0 Å². The van der Waals surface area contributed by atoms with Crippen LogP contribution in [0.1, 0.15) is 129 Å². The molecule has 0 saturated heterocycles. The van der Waals surface area contributed by atoms with E-state index >= 15 is 0 Å². The Balaban J connectivity index is 1.54. The number of unbranched alkanes of at least 4 members (excludes halogenated alkanes) is 8. The molecule has 3 heteroatoms. The Bertz CT molecular complexity index is 631. The second-order valence-corrected chi connectivity index (χ2v) is 10.6. The molecule has 1 aliphatic carbocycles. The number of aryl methyl sites for hydroxylation is 1. The lowest BCUT2D eigenvalue weighted by molar-refractivity contribution is -0.141. The van der Waals surface area contributed by atoms with E-state index in [4.69, 9.17) is 9.47 Å². The van der Waals surface area contributed by atoms with Gasteiger partial charge in [-0.25, -0.2) is 0 Å². The fraction of sp³-hybridized carbons (Fsp3) is 0.774. The summed E-state index contributed by atoms with van der Waals surface area (Å²) in [5, 5.41) is 0. The van der Waals surface area contributed by atoms with Gasteiger partial charge >= 0.3 is 5.97 Å². The Morgan fingerprint density at radius 3 is 2.15 bits per heavy atom. The minimum atomic E-state index is -0.0668. The molecular formula is C31H52O3. The zero-order valence-electron chi connectivity index (χ0n) is 22.5. The van der Waals surface area contributed by atoms with Gasteiger partial charge in [-0.3, -0.25) is 4.79 Å². The molecule has 2 rings (SSSR count). The molecule has 1 atom stereocenters. The summed E-state index contributed by atoms with van der Waals surface area (Å²) in [4.78, 5) is 12.6. The van der Waals surface area contributed by atoms with Gasteiger partial charge in [0.25, 0.3) is 0 Å². The van der Waals surface area contributed by atoms with E-state index in [0.29, 0.717) is 11.9 Å². The van der Waals surface area contributed by atoms with E-state index in [9.17, 15) is 4.79 Å². The van der Waals surface area contributed by atoms with Gasteiger partial charge < -0.3 is 9.47 Å². The minimum absolute atomic E-state index is 0.0169. The monoisotopic (exact) mass is 472 g/mol. The Kier molecular flexibility index (Phi) is 15.3. The zero-order chi connectivity index (χ0) is 24.4. The highest BCUT2D eigenvalue weighted by atomic mass is 16.5. The fourth-order valence-electron chi connectivity index (χ4n) is 4.90. The first kappa shape index (κ1) is 28.9. The molecular weight excluding hydrogens is 420 g/mol. The van der Waals surface area contributed by atoms with E-state index in [1.807, 2.05) is 12.1 Å². The van der Waals surface area contributed by atoms with Crippen molar-refractivity contribution < 1.29 is 14.3 Å². The van der Waals surface area contributed by atoms with Gasteiger partial charge in [-0.15, -0.1) is 0 Å². The van der Waals surface area contributed by atoms with E-state index in [-0.39, 0.29) is 11.9 Å². The van der Waals surface area contributed by atoms with Gasteiger partial charge in [0, 0.05) is 6.61 Å². The maximum absolute atomic E-state index is 12.6. The van der Waals surface area contributed by atoms with Crippen LogP contribution in [0.4, 0.5) is 0 Å². The van der Waals surface area contributed by atoms with Gasteiger partial charge in [0.15, 0.2) is 0 Å². The molecule has 34 heavy (non-hydrogen) atoms. The summed E-state index contributed by atoms with van der Waals surface area (Å²) in [6, 6.07) is 8.14. The lowest BCUT2D eigenvalue weighted by atomic mass is 9.87. The van der Waals surface area contributed by atoms with Crippen molar-refractivity contribution in [1.82, 2.24) is 0 Å². The molecule has 3 nitrogen and oxygen atoms in total. The smallest absolute Gasteiger partial charge is 0.314 e. The van der Waals surface area contributed by atoms with E-state index < -0.39 is 0 Å². The summed E-state index contributed by atoms with van der Waals surface area (Å²) in [5.74, 6) is 1.46. The molecule has 1 aromatic carbocycles. The molecule has 0 amide bonds. The summed E-state index contributed by atoms with van der Waals surface area (Å²) in [6.45, 7) is 7.74. The third-order valence-electron chi connectivity index (χ3n) is 7.61. The van der Waals surface area contributed by atoms with Crippen molar-refractivity contribution >= 4 is 5.97 Å². The highest BCUT2D eigenvalue weighted by Gasteiger charge is 2.28. The molecule has 1 fully saturated rings. The number of rotatable bonds is 18. The van der Waals surface area contributed by atoms with Gasteiger partial charge in [-0.1, -0.05) is 97.1 Å². The minimum Gasteiger partial charge on any atom is -0.426 e. The molecule has 1 saturated carbocycles. The first-order valence-corrected chi connectivity index (χ1v) is 14.5. The zero-order valence-corrected chi connectivity index (χ0v) is 22.5. The maximum Gasteiger partial charge on any atom is 0.314 e. The lowest BCUT2D eigenvalue weighted by Crippen LogP contribution is -2.29. The van der Waals surface area contributed by atoms with Crippen molar-refractivity contribution in [3.05, 3.63) is 29.8 Å². The van der Waals surface area contributed by atoms with Crippen LogP contribution in [-0.4, -0.2) is 18.7 Å². The molecule has 1 unspecified atom stereocenters. The molecule has 0 heterocycles. The molecule has 0 aliphatic heterocycles. The van der Waals surface area contributed by atoms with Gasteiger partial charge in [0.2, 0.25) is 0 Å². The Labute approximate surface area is 210 Å². The third-order valence-corrected chi connectivity index (χ3v) is 7.61. The van der Waals surface area contributed by atoms with E-state index in [2.05, 4.69) is 32.9 Å². The van der Waals surface area contributed by atoms with Crippen LogP contribution in [0.3, 0.4) is 0 Å². The molecule has 194 valence electrons. The topological polar surface area (TPSA) is 35.5 Å². The number of carbonyl (C=O) groups is 1. The summed E-state index contributed by atoms with van der Waals surface area (Å²) in [5.41, 5.74) is 1.33. The Morgan fingerprint density at radius 2 is 1.50 bits per heavy atom. The number of benzene rings is 1. The average Bonchev–Trinajstić information content (AvgIpc) is 2.86. The Hall–Kier alpha value is -1.35. The predicted octanol–water partition coefficient (Wildman–Crippen LogP) is 9.07. The fourth-order valence-corrected chi connectivity index (χ4v) is 4.90. The van der Waals surface area contributed by atoms with Gasteiger partial charge in [0.05, 0.1) is 12.0 Å². The second-order valence-electron chi connectivity index (χ2n) is 10.6. The maximum atomic E-state index is 12.6. The first-order valence-electron chi connectivity index (χ1n) is 14.5. The van der Waals surface area contributed by atoms with Crippen LogP contribution < -0.4 is 4.74 Å². The van der Waals surface area contributed by atoms with E-state index in [0.717, 1.165) is 44.6 Å². The first-order chi connectivity index (χ1) is 16.6. The van der Waals surface area contributed by atoms with Crippen LogP contribution in [0.15, 0.2) is 24.3 Å². The number of carbonyl (C=O) groups excluding carboxylic acids is 1. The lowest BCUT2D eigenvalue weighted by Gasteiger charge is -2.27. The number of hydrogen-bond acceptors (Lipinski definition) is 3. The van der Waals surface area contributed by atoms with Gasteiger partial charge in [-0.2, -0.15) is 0 Å². The average molecular weight is 473 g/mol. The third kappa shape index (κ3) is 12.4. The molecule has 1 aliphatic rings. The Morgan fingerprint density at radius 1 is 0.853 bits per heavy atom. The number of ether oxygens (including phenoxy) is 2. The number of esters is 1. The van der Waals surface area contributed by atoms with Crippen molar-refractivity contribution in [3.8, 4) is 5.75 Å². The van der Waals surface area contributed by atoms with Crippen molar-refractivity contribution in [2.24, 2.45) is 11.8 Å². The van der Waals surface area contributed by atoms with Crippen LogP contribution in [0.25, 0.3) is 0 Å². The largest absolute Gasteiger partial charge is 0.426 e. The SMILES string of the molecule is CCCCCCCCCCOC1CCC(C(=O)Oc2ccc(CCCCC(C)CC)cc2)CC1. The van der Waals surface area contributed by atoms with Gasteiger partial charge in [0.1, 0.15) is 5.75 Å². The second kappa shape index (κ2) is 18.0. The molecule has 0 bridgehead atoms. The highest BCUT2D eigenvalue weighted by Crippen LogP contribution is 2.28. The van der Waals surface area contributed by atoms with Crippen molar-refractivity contribution in [3.63, 3.8) is 0 Å². The van der Waals surface area contributed by atoms with Gasteiger partial charge in [-0.05, 0) is 68.6 Å². The van der Waals surface area contributed by atoms with Crippen molar-refractivity contribution in [2.75, 3.05) is 6.61 Å². The molecule has 0 N–H and O–H groups in total. The summed E-state index contributed by atoms with van der Waals surface area (Å²) < 4.78 is 11.8. The van der Waals surface area contributed by atoms with Crippen molar-refractivity contribution in [1.29, 1.82) is 0 Å². The summed E-state index contributed by atoms with van der Waals surface area (Å²) in [7, 11) is 0. The quantitative estimate of drug-likeness (QED) is 0.121. The number of hydrogen-bond donors (Lipinski definition) is 0. The molecule has 1 aromatic rings. The van der Waals surface area contributed by atoms with Crippen LogP contribution in [0, 0.1) is 11.8 Å². The van der Waals surface area contributed by atoms with Crippen molar-refractivity contribution in [2.45, 2.75) is 136 Å². The molecule has 0 aromatic heterocycles. The van der Waals surface area contributed by atoms with Crippen LogP contribution in [0.5, 0.6) is 5.75 Å².